The van der Waals surface area contributed by atoms with E-state index in [-0.39, 0.29) is 6.04 Å². The molecule has 0 radical (unpaired) electrons. The smallest absolute Gasteiger partial charge is 0.125 e. The lowest BCUT2D eigenvalue weighted by Gasteiger charge is -2.13. The third-order valence-electron chi connectivity index (χ3n) is 3.58. The third kappa shape index (κ3) is 3.99. The van der Waals surface area contributed by atoms with Crippen molar-refractivity contribution >= 4 is 0 Å². The molecule has 21 heavy (non-hydrogen) atoms. The Balaban J connectivity index is 2.04. The van der Waals surface area contributed by atoms with Crippen LogP contribution < -0.4 is 15.2 Å². The minimum absolute atomic E-state index is 0.0934. The summed E-state index contributed by atoms with van der Waals surface area (Å²) in [5.41, 5.74) is 9.38. The Morgan fingerprint density at radius 2 is 1.81 bits per heavy atom. The Kier molecular flexibility index (Phi) is 5.23. The van der Waals surface area contributed by atoms with Crippen molar-refractivity contribution in [1.82, 2.24) is 0 Å². The van der Waals surface area contributed by atoms with E-state index in [1.165, 1.54) is 5.56 Å². The van der Waals surface area contributed by atoms with Crippen LogP contribution in [0.4, 0.5) is 0 Å². The van der Waals surface area contributed by atoms with Gasteiger partial charge < -0.3 is 15.2 Å². The molecular weight excluding hydrogens is 262 g/mol. The lowest BCUT2D eigenvalue weighted by atomic mass is 10.1. The van der Waals surface area contributed by atoms with Crippen LogP contribution in [-0.4, -0.2) is 7.11 Å². The molecule has 112 valence electrons. The van der Waals surface area contributed by atoms with Crippen LogP contribution in [0.15, 0.2) is 42.5 Å². The van der Waals surface area contributed by atoms with Crippen LogP contribution in [0.3, 0.4) is 0 Å². The van der Waals surface area contributed by atoms with Gasteiger partial charge in [0, 0.05) is 11.6 Å². The van der Waals surface area contributed by atoms with Crippen molar-refractivity contribution in [2.24, 2.45) is 5.73 Å². The first-order chi connectivity index (χ1) is 10.1. The van der Waals surface area contributed by atoms with Crippen molar-refractivity contribution in [1.29, 1.82) is 0 Å². The Hall–Kier alpha value is -2.00. The number of rotatable bonds is 6. The Morgan fingerprint density at radius 3 is 2.43 bits per heavy atom. The fraction of sp³-hybridized carbons (Fsp3) is 0.333. The van der Waals surface area contributed by atoms with Gasteiger partial charge >= 0.3 is 0 Å². The summed E-state index contributed by atoms with van der Waals surface area (Å²) >= 11 is 0. The second-order valence-electron chi connectivity index (χ2n) is 5.19. The summed E-state index contributed by atoms with van der Waals surface area (Å²) in [5, 5.41) is 0. The molecule has 0 bridgehead atoms. The molecule has 3 nitrogen and oxygen atoms in total. The van der Waals surface area contributed by atoms with Crippen molar-refractivity contribution in [2.75, 3.05) is 7.11 Å². The summed E-state index contributed by atoms with van der Waals surface area (Å²) in [4.78, 5) is 0. The van der Waals surface area contributed by atoms with Gasteiger partial charge in [0.2, 0.25) is 0 Å². The van der Waals surface area contributed by atoms with Gasteiger partial charge in [0.1, 0.15) is 18.1 Å². The molecule has 0 aliphatic heterocycles. The van der Waals surface area contributed by atoms with Crippen molar-refractivity contribution < 1.29 is 9.47 Å². The second-order valence-corrected chi connectivity index (χ2v) is 5.19. The molecule has 0 heterocycles. The van der Waals surface area contributed by atoms with Crippen molar-refractivity contribution in [3.8, 4) is 11.5 Å². The zero-order valence-electron chi connectivity index (χ0n) is 12.9. The Bertz CT molecular complexity index is 578. The first-order valence-electron chi connectivity index (χ1n) is 7.26. The first kappa shape index (κ1) is 15.4. The number of benzene rings is 2. The summed E-state index contributed by atoms with van der Waals surface area (Å²) in [7, 11) is 1.68. The van der Waals surface area contributed by atoms with Crippen LogP contribution in [0, 0.1) is 6.92 Å². The highest BCUT2D eigenvalue weighted by Crippen LogP contribution is 2.23. The van der Waals surface area contributed by atoms with E-state index in [0.29, 0.717) is 6.61 Å². The number of ether oxygens (including phenoxy) is 2. The molecule has 0 aliphatic rings. The van der Waals surface area contributed by atoms with Crippen LogP contribution >= 0.6 is 0 Å². The molecule has 2 N–H and O–H groups in total. The zero-order valence-corrected chi connectivity index (χ0v) is 12.9. The molecule has 3 heteroatoms. The summed E-state index contributed by atoms with van der Waals surface area (Å²) in [6, 6.07) is 14.2. The molecule has 2 rings (SSSR count). The van der Waals surface area contributed by atoms with Gasteiger partial charge in [-0.1, -0.05) is 30.7 Å². The van der Waals surface area contributed by atoms with Gasteiger partial charge in [-0.25, -0.2) is 0 Å². The van der Waals surface area contributed by atoms with E-state index in [9.17, 15) is 0 Å². The third-order valence-corrected chi connectivity index (χ3v) is 3.58. The largest absolute Gasteiger partial charge is 0.496 e. The van der Waals surface area contributed by atoms with Gasteiger partial charge in [0.25, 0.3) is 0 Å². The van der Waals surface area contributed by atoms with Crippen LogP contribution in [0.25, 0.3) is 0 Å². The molecule has 2 aromatic carbocycles. The predicted molar refractivity (Wildman–Crippen MR) is 85.7 cm³/mol. The monoisotopic (exact) mass is 285 g/mol. The lowest BCUT2D eigenvalue weighted by molar-refractivity contribution is 0.296. The number of nitrogens with two attached hydrogens (primary N) is 1. The molecule has 0 unspecified atom stereocenters. The van der Waals surface area contributed by atoms with Crippen LogP contribution in [0.5, 0.6) is 11.5 Å². The van der Waals surface area contributed by atoms with E-state index in [1.807, 2.05) is 36.4 Å². The maximum atomic E-state index is 6.01. The summed E-state index contributed by atoms with van der Waals surface area (Å²) < 4.78 is 11.2. The average Bonchev–Trinajstić information content (AvgIpc) is 2.52. The van der Waals surface area contributed by atoms with Crippen LogP contribution in [0.2, 0.25) is 0 Å². The van der Waals surface area contributed by atoms with E-state index in [2.05, 4.69) is 19.9 Å². The van der Waals surface area contributed by atoms with Gasteiger partial charge in [-0.15, -0.1) is 0 Å². The highest BCUT2D eigenvalue weighted by molar-refractivity contribution is 5.37. The number of hydrogen-bond acceptors (Lipinski definition) is 3. The quantitative estimate of drug-likeness (QED) is 0.872. The number of aryl methyl sites for hydroxylation is 1. The standard InChI is InChI=1S/C18H23NO2/c1-4-17(19)14-6-8-16(9-7-14)21-12-15-11-13(2)5-10-18(15)20-3/h5-11,17H,4,12,19H2,1-3H3/t17-/m1/s1. The Morgan fingerprint density at radius 1 is 1.10 bits per heavy atom. The molecule has 0 spiro atoms. The fourth-order valence-corrected chi connectivity index (χ4v) is 2.23. The Labute approximate surface area is 126 Å². The van der Waals surface area contributed by atoms with E-state index in [4.69, 9.17) is 15.2 Å². The molecule has 0 aromatic heterocycles. The predicted octanol–water partition coefficient (Wildman–Crippen LogP) is 3.99. The number of hydrogen-bond donors (Lipinski definition) is 1. The molecule has 1 atom stereocenters. The fourth-order valence-electron chi connectivity index (χ4n) is 2.23. The lowest BCUT2D eigenvalue weighted by Crippen LogP contribution is -2.08. The van der Waals surface area contributed by atoms with Gasteiger partial charge in [-0.05, 0) is 43.2 Å². The second kappa shape index (κ2) is 7.14. The van der Waals surface area contributed by atoms with E-state index < -0.39 is 0 Å². The highest BCUT2D eigenvalue weighted by atomic mass is 16.5. The highest BCUT2D eigenvalue weighted by Gasteiger charge is 2.06. The molecule has 0 saturated carbocycles. The zero-order chi connectivity index (χ0) is 15.2. The summed E-state index contributed by atoms with van der Waals surface area (Å²) in [5.74, 6) is 1.69. The maximum absolute atomic E-state index is 6.01. The molecule has 2 aromatic rings. The SMILES string of the molecule is CC[C@@H](N)c1ccc(OCc2cc(C)ccc2OC)cc1. The first-order valence-corrected chi connectivity index (χ1v) is 7.26. The van der Waals surface area contributed by atoms with Crippen molar-refractivity contribution in [3.63, 3.8) is 0 Å². The van der Waals surface area contributed by atoms with Crippen LogP contribution in [0.1, 0.15) is 36.1 Å². The van der Waals surface area contributed by atoms with Gasteiger partial charge in [-0.2, -0.15) is 0 Å². The molecule has 0 fully saturated rings. The topological polar surface area (TPSA) is 44.5 Å². The summed E-state index contributed by atoms with van der Waals surface area (Å²) in [6.45, 7) is 4.63. The van der Waals surface area contributed by atoms with Gasteiger partial charge in [0.05, 0.1) is 7.11 Å². The maximum Gasteiger partial charge on any atom is 0.125 e. The minimum Gasteiger partial charge on any atom is -0.496 e. The van der Waals surface area contributed by atoms with Crippen LogP contribution in [-0.2, 0) is 6.61 Å². The van der Waals surface area contributed by atoms with Gasteiger partial charge in [-0.3, -0.25) is 0 Å². The average molecular weight is 285 g/mol. The molecule has 0 aliphatic carbocycles. The molecule has 0 amide bonds. The van der Waals surface area contributed by atoms with E-state index in [1.54, 1.807) is 7.11 Å². The van der Waals surface area contributed by atoms with E-state index >= 15 is 0 Å². The normalized spacial score (nSPS) is 12.0. The van der Waals surface area contributed by atoms with E-state index in [0.717, 1.165) is 29.0 Å². The summed E-state index contributed by atoms with van der Waals surface area (Å²) in [6.07, 6.45) is 0.931. The van der Waals surface area contributed by atoms with Crippen molar-refractivity contribution in [3.05, 3.63) is 59.2 Å². The molecule has 0 saturated heterocycles. The minimum atomic E-state index is 0.0934. The van der Waals surface area contributed by atoms with Gasteiger partial charge in [0.15, 0.2) is 0 Å². The van der Waals surface area contributed by atoms with Crippen molar-refractivity contribution in [2.45, 2.75) is 32.9 Å². The number of methoxy groups -OCH3 is 1. The molecular formula is C18H23NO2.